The highest BCUT2D eigenvalue weighted by atomic mass is 19.1. The van der Waals surface area contributed by atoms with Gasteiger partial charge in [-0.05, 0) is 73.7 Å². The number of amides is 1. The van der Waals surface area contributed by atoms with Crippen LogP contribution in [-0.2, 0) is 0 Å². The van der Waals surface area contributed by atoms with Crippen molar-refractivity contribution in [2.75, 3.05) is 5.32 Å². The maximum absolute atomic E-state index is 13.4. The average Bonchev–Trinajstić information content (AvgIpc) is 3.21. The number of rotatable bonds is 5. The van der Waals surface area contributed by atoms with Crippen LogP contribution in [0.2, 0.25) is 0 Å². The van der Waals surface area contributed by atoms with Crippen LogP contribution in [0, 0.1) is 5.82 Å². The van der Waals surface area contributed by atoms with Crippen molar-refractivity contribution in [2.24, 2.45) is 0 Å². The standard InChI is InChI=1S/C23H17FN4O2/c1-15(29)16-2-6-19(7-3-16)26-23(30)21-14-22(17-10-12-25-13-11-17)28(27-21)20-8-4-18(24)5-9-20/h2-14H,1H3,(H,26,30). The Morgan fingerprint density at radius 1 is 0.933 bits per heavy atom. The van der Waals surface area contributed by atoms with Gasteiger partial charge in [0.1, 0.15) is 5.82 Å². The molecule has 0 spiro atoms. The SMILES string of the molecule is CC(=O)c1ccc(NC(=O)c2cc(-c3ccncc3)n(-c3ccc(F)cc3)n2)cc1. The van der Waals surface area contributed by atoms with Gasteiger partial charge < -0.3 is 5.32 Å². The van der Waals surface area contributed by atoms with E-state index in [0.717, 1.165) is 5.56 Å². The summed E-state index contributed by atoms with van der Waals surface area (Å²) in [4.78, 5) is 28.2. The molecule has 1 amide bonds. The molecule has 148 valence electrons. The smallest absolute Gasteiger partial charge is 0.276 e. The lowest BCUT2D eigenvalue weighted by molar-refractivity contribution is 0.101. The lowest BCUT2D eigenvalue weighted by Gasteiger charge is -2.07. The molecular formula is C23H17FN4O2. The molecule has 0 bridgehead atoms. The number of carbonyl (C=O) groups is 2. The predicted molar refractivity (Wildman–Crippen MR) is 111 cm³/mol. The summed E-state index contributed by atoms with van der Waals surface area (Å²) in [6, 6.07) is 17.8. The van der Waals surface area contributed by atoms with E-state index in [4.69, 9.17) is 0 Å². The van der Waals surface area contributed by atoms with E-state index in [2.05, 4.69) is 15.4 Å². The molecular weight excluding hydrogens is 383 g/mol. The van der Waals surface area contributed by atoms with E-state index in [9.17, 15) is 14.0 Å². The zero-order chi connectivity index (χ0) is 21.1. The van der Waals surface area contributed by atoms with Gasteiger partial charge in [0.05, 0.1) is 11.4 Å². The van der Waals surface area contributed by atoms with Gasteiger partial charge >= 0.3 is 0 Å². The van der Waals surface area contributed by atoms with Crippen LogP contribution in [0.1, 0.15) is 27.8 Å². The highest BCUT2D eigenvalue weighted by molar-refractivity contribution is 6.04. The summed E-state index contributed by atoms with van der Waals surface area (Å²) in [6.45, 7) is 1.48. The second-order valence-electron chi connectivity index (χ2n) is 6.63. The van der Waals surface area contributed by atoms with Gasteiger partial charge in [-0.2, -0.15) is 5.10 Å². The van der Waals surface area contributed by atoms with Gasteiger partial charge in [0.2, 0.25) is 0 Å². The number of Topliss-reactive ketones (excluding diaryl/α,β-unsaturated/α-hetero) is 1. The van der Waals surface area contributed by atoms with Crippen molar-refractivity contribution in [2.45, 2.75) is 6.92 Å². The topological polar surface area (TPSA) is 76.9 Å². The Kier molecular flexibility index (Phi) is 5.17. The van der Waals surface area contributed by atoms with Crippen LogP contribution in [-0.4, -0.2) is 26.5 Å². The third-order valence-corrected chi connectivity index (χ3v) is 4.54. The third-order valence-electron chi connectivity index (χ3n) is 4.54. The van der Waals surface area contributed by atoms with E-state index in [0.29, 0.717) is 22.6 Å². The molecule has 0 aliphatic rings. The van der Waals surface area contributed by atoms with Crippen molar-refractivity contribution in [3.63, 3.8) is 0 Å². The summed E-state index contributed by atoms with van der Waals surface area (Å²) in [5.74, 6) is -0.807. The molecule has 30 heavy (non-hydrogen) atoms. The summed E-state index contributed by atoms with van der Waals surface area (Å²) in [6.07, 6.45) is 3.29. The second kappa shape index (κ2) is 8.08. The molecule has 0 radical (unpaired) electrons. The maximum atomic E-state index is 13.4. The van der Waals surface area contributed by atoms with Crippen LogP contribution < -0.4 is 5.32 Å². The molecule has 4 rings (SSSR count). The second-order valence-corrected chi connectivity index (χ2v) is 6.63. The summed E-state index contributed by atoms with van der Waals surface area (Å²) in [5, 5.41) is 7.21. The minimum absolute atomic E-state index is 0.0482. The Balaban J connectivity index is 1.69. The molecule has 0 atom stereocenters. The van der Waals surface area contributed by atoms with Crippen LogP contribution in [0.3, 0.4) is 0 Å². The molecule has 2 heterocycles. The predicted octanol–water partition coefficient (Wildman–Crippen LogP) is 4.53. The number of anilines is 1. The molecule has 0 saturated carbocycles. The number of nitrogens with one attached hydrogen (secondary N) is 1. The number of benzene rings is 2. The Labute approximate surface area is 172 Å². The van der Waals surface area contributed by atoms with Crippen molar-refractivity contribution in [3.8, 4) is 16.9 Å². The van der Waals surface area contributed by atoms with E-state index in [1.807, 2.05) is 0 Å². The van der Waals surface area contributed by atoms with Gasteiger partial charge in [-0.1, -0.05) is 0 Å². The molecule has 0 unspecified atom stereocenters. The fraction of sp³-hybridized carbons (Fsp3) is 0.0435. The normalized spacial score (nSPS) is 10.6. The minimum atomic E-state index is -0.401. The van der Waals surface area contributed by atoms with E-state index in [1.54, 1.807) is 71.7 Å². The van der Waals surface area contributed by atoms with Crippen LogP contribution in [0.15, 0.2) is 79.1 Å². The number of hydrogen-bond donors (Lipinski definition) is 1. The van der Waals surface area contributed by atoms with Gasteiger partial charge in [-0.15, -0.1) is 0 Å². The summed E-state index contributed by atoms with van der Waals surface area (Å²) >= 11 is 0. The average molecular weight is 400 g/mol. The quantitative estimate of drug-likeness (QED) is 0.500. The zero-order valence-corrected chi connectivity index (χ0v) is 16.0. The Bertz CT molecular complexity index is 1200. The molecule has 6 nitrogen and oxygen atoms in total. The Hall–Kier alpha value is -4.13. The maximum Gasteiger partial charge on any atom is 0.276 e. The van der Waals surface area contributed by atoms with E-state index < -0.39 is 5.91 Å². The Morgan fingerprint density at radius 2 is 1.60 bits per heavy atom. The summed E-state index contributed by atoms with van der Waals surface area (Å²) in [7, 11) is 0. The van der Waals surface area contributed by atoms with Gasteiger partial charge in [0.15, 0.2) is 11.5 Å². The van der Waals surface area contributed by atoms with Crippen molar-refractivity contribution in [1.82, 2.24) is 14.8 Å². The first-order valence-electron chi connectivity index (χ1n) is 9.20. The summed E-state index contributed by atoms with van der Waals surface area (Å²) in [5.41, 5.74) is 3.41. The highest BCUT2D eigenvalue weighted by Gasteiger charge is 2.17. The van der Waals surface area contributed by atoms with E-state index in [1.165, 1.54) is 19.1 Å². The molecule has 7 heteroatoms. The molecule has 0 saturated heterocycles. The van der Waals surface area contributed by atoms with Crippen LogP contribution in [0.5, 0.6) is 0 Å². The largest absolute Gasteiger partial charge is 0.321 e. The van der Waals surface area contributed by atoms with Gasteiger partial charge in [-0.25, -0.2) is 9.07 Å². The van der Waals surface area contributed by atoms with Crippen molar-refractivity contribution in [3.05, 3.63) is 96.2 Å². The van der Waals surface area contributed by atoms with E-state index in [-0.39, 0.29) is 17.3 Å². The number of halogens is 1. The van der Waals surface area contributed by atoms with Gasteiger partial charge in [-0.3, -0.25) is 14.6 Å². The third kappa shape index (κ3) is 4.00. The van der Waals surface area contributed by atoms with Crippen LogP contribution in [0.25, 0.3) is 16.9 Å². The lowest BCUT2D eigenvalue weighted by atomic mass is 10.1. The van der Waals surface area contributed by atoms with Gasteiger partial charge in [0.25, 0.3) is 5.91 Å². The first-order valence-corrected chi connectivity index (χ1v) is 9.20. The molecule has 2 aromatic heterocycles. The highest BCUT2D eigenvalue weighted by Crippen LogP contribution is 2.24. The van der Waals surface area contributed by atoms with Crippen LogP contribution >= 0.6 is 0 Å². The van der Waals surface area contributed by atoms with Crippen LogP contribution in [0.4, 0.5) is 10.1 Å². The molecule has 1 N–H and O–H groups in total. The van der Waals surface area contributed by atoms with Crippen molar-refractivity contribution >= 4 is 17.4 Å². The minimum Gasteiger partial charge on any atom is -0.321 e. The number of hydrogen-bond acceptors (Lipinski definition) is 4. The molecule has 0 fully saturated rings. The molecule has 2 aromatic carbocycles. The first-order chi connectivity index (χ1) is 14.5. The first kappa shape index (κ1) is 19.2. The fourth-order valence-electron chi connectivity index (χ4n) is 2.98. The number of carbonyl (C=O) groups excluding carboxylic acids is 2. The monoisotopic (exact) mass is 400 g/mol. The van der Waals surface area contributed by atoms with E-state index >= 15 is 0 Å². The number of aromatic nitrogens is 3. The number of nitrogens with zero attached hydrogens (tertiary/aromatic N) is 3. The zero-order valence-electron chi connectivity index (χ0n) is 16.0. The Morgan fingerprint density at radius 3 is 2.23 bits per heavy atom. The summed E-state index contributed by atoms with van der Waals surface area (Å²) < 4.78 is 14.9. The van der Waals surface area contributed by atoms with Crippen molar-refractivity contribution < 1.29 is 14.0 Å². The molecule has 0 aliphatic carbocycles. The van der Waals surface area contributed by atoms with Crippen molar-refractivity contribution in [1.29, 1.82) is 0 Å². The van der Waals surface area contributed by atoms with Gasteiger partial charge in [0, 0.05) is 29.2 Å². The number of pyridine rings is 1. The fourth-order valence-corrected chi connectivity index (χ4v) is 2.98. The number of ketones is 1. The molecule has 4 aromatic rings. The molecule has 0 aliphatic heterocycles. The lowest BCUT2D eigenvalue weighted by Crippen LogP contribution is -2.13.